The van der Waals surface area contributed by atoms with Crippen LogP contribution in [0.4, 0.5) is 4.39 Å². The number of benzene rings is 1. The van der Waals surface area contributed by atoms with E-state index in [0.29, 0.717) is 16.9 Å². The fourth-order valence-corrected chi connectivity index (χ4v) is 1.57. The summed E-state index contributed by atoms with van der Waals surface area (Å²) >= 11 is 0. The van der Waals surface area contributed by atoms with Gasteiger partial charge in [0, 0.05) is 0 Å². The number of nitrogens with one attached hydrogen (secondary N) is 2. The first-order valence-electron chi connectivity index (χ1n) is 5.75. The molecular weight excluding hydrogens is 269 g/mol. The van der Waals surface area contributed by atoms with Crippen molar-refractivity contribution in [3.63, 3.8) is 0 Å². The van der Waals surface area contributed by atoms with Gasteiger partial charge in [0.25, 0.3) is 0 Å². The highest BCUT2D eigenvalue weighted by molar-refractivity contribution is 5.81. The molecule has 0 radical (unpaired) electrons. The van der Waals surface area contributed by atoms with Crippen molar-refractivity contribution in [1.82, 2.24) is 15.3 Å². The first kappa shape index (κ1) is 13.9. The average molecular weight is 281 g/mol. The van der Waals surface area contributed by atoms with Gasteiger partial charge in [-0.05, 0) is 18.2 Å². The zero-order valence-corrected chi connectivity index (χ0v) is 10.4. The second-order valence-corrected chi connectivity index (χ2v) is 4.01. The summed E-state index contributed by atoms with van der Waals surface area (Å²) in [6.45, 7) is -0.693. The number of H-pyrrole nitrogens is 1. The minimum absolute atomic E-state index is 0.0385. The van der Waals surface area contributed by atoms with Crippen molar-refractivity contribution < 1.29 is 23.8 Å². The topological polar surface area (TPSA) is 104 Å². The Morgan fingerprint density at radius 1 is 1.45 bits per heavy atom. The summed E-state index contributed by atoms with van der Waals surface area (Å²) < 4.78 is 18.1. The average Bonchev–Trinajstić information content (AvgIpc) is 2.78. The molecule has 0 saturated carbocycles. The van der Waals surface area contributed by atoms with E-state index in [2.05, 4.69) is 15.3 Å². The van der Waals surface area contributed by atoms with Crippen molar-refractivity contribution in [2.45, 2.75) is 6.61 Å². The number of imidazole rings is 1. The van der Waals surface area contributed by atoms with Crippen molar-refractivity contribution in [2.75, 3.05) is 13.2 Å². The number of amides is 1. The summed E-state index contributed by atoms with van der Waals surface area (Å²) in [6, 6.07) is 4.14. The monoisotopic (exact) mass is 281 g/mol. The highest BCUT2D eigenvalue weighted by Crippen LogP contribution is 2.13. The molecule has 2 rings (SSSR count). The third kappa shape index (κ3) is 3.75. The molecule has 0 atom stereocenters. The summed E-state index contributed by atoms with van der Waals surface area (Å²) in [5, 5.41) is 10.5. The van der Waals surface area contributed by atoms with Gasteiger partial charge in [-0.2, -0.15) is 0 Å². The Labute approximate surface area is 112 Å². The zero-order valence-electron chi connectivity index (χ0n) is 10.4. The Morgan fingerprint density at radius 2 is 2.25 bits per heavy atom. The molecule has 1 heterocycles. The fourth-order valence-electron chi connectivity index (χ4n) is 1.57. The normalized spacial score (nSPS) is 10.7. The van der Waals surface area contributed by atoms with E-state index in [1.54, 1.807) is 0 Å². The molecular formula is C12H12FN3O4. The fraction of sp³-hybridized carbons (Fsp3) is 0.250. The van der Waals surface area contributed by atoms with Gasteiger partial charge in [-0.25, -0.2) is 9.37 Å². The number of nitrogens with zero attached hydrogens (tertiary/aromatic N) is 1. The van der Waals surface area contributed by atoms with Crippen LogP contribution < -0.4 is 5.32 Å². The summed E-state index contributed by atoms with van der Waals surface area (Å²) in [7, 11) is 0. The van der Waals surface area contributed by atoms with Crippen molar-refractivity contribution in [1.29, 1.82) is 0 Å². The van der Waals surface area contributed by atoms with Gasteiger partial charge in [-0.15, -0.1) is 0 Å². The van der Waals surface area contributed by atoms with Crippen LogP contribution in [0.25, 0.3) is 11.0 Å². The number of aliphatic carboxylic acids is 1. The molecule has 1 aromatic carbocycles. The van der Waals surface area contributed by atoms with Crippen LogP contribution in [-0.4, -0.2) is 40.1 Å². The number of hydrogen-bond acceptors (Lipinski definition) is 4. The van der Waals surface area contributed by atoms with E-state index in [0.717, 1.165) is 0 Å². The maximum Gasteiger partial charge on any atom is 0.322 e. The van der Waals surface area contributed by atoms with E-state index in [9.17, 15) is 14.0 Å². The summed E-state index contributed by atoms with van der Waals surface area (Å²) in [5.74, 6) is -1.58. The molecule has 0 saturated heterocycles. The molecule has 0 aliphatic carbocycles. The van der Waals surface area contributed by atoms with Crippen LogP contribution in [0.15, 0.2) is 18.2 Å². The molecule has 0 spiro atoms. The van der Waals surface area contributed by atoms with Gasteiger partial charge < -0.3 is 20.1 Å². The highest BCUT2D eigenvalue weighted by atomic mass is 19.1. The third-order valence-electron chi connectivity index (χ3n) is 2.40. The smallest absolute Gasteiger partial charge is 0.322 e. The molecule has 1 amide bonds. The Morgan fingerprint density at radius 3 is 3.00 bits per heavy atom. The number of hydrogen-bond donors (Lipinski definition) is 3. The van der Waals surface area contributed by atoms with E-state index in [1.807, 2.05) is 0 Å². The Balaban J connectivity index is 1.83. The van der Waals surface area contributed by atoms with Crippen molar-refractivity contribution in [3.05, 3.63) is 29.8 Å². The van der Waals surface area contributed by atoms with Crippen molar-refractivity contribution in [2.24, 2.45) is 0 Å². The molecule has 1 aromatic heterocycles. The molecule has 3 N–H and O–H groups in total. The van der Waals surface area contributed by atoms with Gasteiger partial charge in [0.15, 0.2) is 0 Å². The van der Waals surface area contributed by atoms with Crippen molar-refractivity contribution >= 4 is 22.9 Å². The minimum Gasteiger partial charge on any atom is -0.480 e. The Kier molecular flexibility index (Phi) is 4.26. The Hall–Kier alpha value is -2.48. The van der Waals surface area contributed by atoms with Crippen LogP contribution in [0.2, 0.25) is 0 Å². The van der Waals surface area contributed by atoms with Crippen molar-refractivity contribution in [3.8, 4) is 0 Å². The van der Waals surface area contributed by atoms with E-state index < -0.39 is 18.4 Å². The van der Waals surface area contributed by atoms with E-state index in [1.165, 1.54) is 18.2 Å². The lowest BCUT2D eigenvalue weighted by atomic mass is 10.3. The Bertz CT molecular complexity index is 641. The molecule has 0 unspecified atom stereocenters. The van der Waals surface area contributed by atoms with Crippen LogP contribution >= 0.6 is 0 Å². The molecule has 0 fully saturated rings. The standard InChI is InChI=1S/C12H12FN3O4/c13-7-1-2-8-9(3-7)16-10(15-8)5-20-6-11(17)14-4-12(18)19/h1-3H,4-6H2,(H,14,17)(H,15,16)(H,18,19). The minimum atomic E-state index is -1.13. The maximum absolute atomic E-state index is 13.0. The number of carbonyl (C=O) groups excluding carboxylic acids is 1. The number of carbonyl (C=O) groups is 2. The van der Waals surface area contributed by atoms with Crippen LogP contribution in [0, 0.1) is 5.82 Å². The number of halogens is 1. The lowest BCUT2D eigenvalue weighted by Crippen LogP contribution is -2.32. The predicted molar refractivity (Wildman–Crippen MR) is 66.4 cm³/mol. The lowest BCUT2D eigenvalue weighted by Gasteiger charge is -2.02. The highest BCUT2D eigenvalue weighted by Gasteiger charge is 2.07. The van der Waals surface area contributed by atoms with Crippen LogP contribution in [0.3, 0.4) is 0 Å². The van der Waals surface area contributed by atoms with Gasteiger partial charge in [-0.1, -0.05) is 0 Å². The SMILES string of the molecule is O=C(O)CNC(=O)COCc1nc2ccc(F)cc2[nH]1. The number of aromatic nitrogens is 2. The summed E-state index contributed by atoms with van der Waals surface area (Å²) in [4.78, 5) is 28.4. The van der Waals surface area contributed by atoms with Crippen LogP contribution in [-0.2, 0) is 20.9 Å². The van der Waals surface area contributed by atoms with E-state index in [-0.39, 0.29) is 19.0 Å². The van der Waals surface area contributed by atoms with Gasteiger partial charge >= 0.3 is 5.97 Å². The number of aromatic amines is 1. The number of carboxylic acid groups (broad SMARTS) is 1. The predicted octanol–water partition coefficient (Wildman–Crippen LogP) is 0.419. The molecule has 106 valence electrons. The molecule has 7 nitrogen and oxygen atoms in total. The van der Waals surface area contributed by atoms with Crippen LogP contribution in [0.5, 0.6) is 0 Å². The van der Waals surface area contributed by atoms with Gasteiger partial charge in [0.05, 0.1) is 11.0 Å². The second-order valence-electron chi connectivity index (χ2n) is 4.01. The summed E-state index contributed by atoms with van der Waals surface area (Å²) in [6.07, 6.45) is 0. The lowest BCUT2D eigenvalue weighted by molar-refractivity contribution is -0.138. The van der Waals surface area contributed by atoms with E-state index >= 15 is 0 Å². The largest absolute Gasteiger partial charge is 0.480 e. The van der Waals surface area contributed by atoms with E-state index in [4.69, 9.17) is 9.84 Å². The molecule has 0 bridgehead atoms. The number of fused-ring (bicyclic) bond motifs is 1. The van der Waals surface area contributed by atoms with Gasteiger partial charge in [0.1, 0.15) is 31.4 Å². The number of rotatable bonds is 6. The van der Waals surface area contributed by atoms with Gasteiger partial charge in [0.2, 0.25) is 5.91 Å². The molecule has 20 heavy (non-hydrogen) atoms. The molecule has 0 aliphatic heterocycles. The van der Waals surface area contributed by atoms with Gasteiger partial charge in [-0.3, -0.25) is 9.59 Å². The quantitative estimate of drug-likeness (QED) is 0.711. The molecule has 8 heteroatoms. The number of carboxylic acids is 1. The number of ether oxygens (including phenoxy) is 1. The zero-order chi connectivity index (χ0) is 14.5. The van der Waals surface area contributed by atoms with Crippen LogP contribution in [0.1, 0.15) is 5.82 Å². The molecule has 0 aliphatic rings. The third-order valence-corrected chi connectivity index (χ3v) is 2.40. The first-order chi connectivity index (χ1) is 9.54. The maximum atomic E-state index is 13.0. The summed E-state index contributed by atoms with van der Waals surface area (Å²) in [5.41, 5.74) is 1.14. The second kappa shape index (κ2) is 6.11. The first-order valence-corrected chi connectivity index (χ1v) is 5.75. The molecule has 2 aromatic rings.